The van der Waals surface area contributed by atoms with Crippen LogP contribution in [0.2, 0.25) is 0 Å². The van der Waals surface area contributed by atoms with Gasteiger partial charge in [-0.25, -0.2) is 4.79 Å². The molecule has 2 amide bonds. The molecule has 4 aliphatic rings. The number of hydrogen-bond acceptors (Lipinski definition) is 7. The van der Waals surface area contributed by atoms with Crippen LogP contribution in [0.15, 0.2) is 51.8 Å². The fraction of sp³-hybridized carbons (Fsp3) is 0.435. The van der Waals surface area contributed by atoms with Crippen molar-refractivity contribution in [1.29, 1.82) is 0 Å². The number of thioether (sulfide) groups is 1. The molecule has 0 saturated carbocycles. The van der Waals surface area contributed by atoms with E-state index in [1.807, 2.05) is 24.3 Å². The van der Waals surface area contributed by atoms with Crippen molar-refractivity contribution < 1.29 is 28.6 Å². The van der Waals surface area contributed by atoms with E-state index in [1.54, 1.807) is 11.8 Å². The summed E-state index contributed by atoms with van der Waals surface area (Å²) >= 11 is 1.74. The molecule has 0 bridgehead atoms. The number of hydrogen-bond donors (Lipinski definition) is 1. The number of ether oxygens (including phenoxy) is 3. The standard InChI is InChI=1S/C23H24N2O6S/c1-29-22(28)17-11-23(30-8-9-31-23)13-25(17)20(26)12-24-21(27)14-6-7-19-16(10-14)15-4-2-3-5-18(15)32-19/h2-7,16-17H,8-13H2,1H3,(H,24,27)/t16?,17-/m0/s1. The van der Waals surface area contributed by atoms with Crippen LogP contribution in [-0.2, 0) is 28.6 Å². The van der Waals surface area contributed by atoms with Crippen molar-refractivity contribution in [3.63, 3.8) is 0 Å². The van der Waals surface area contributed by atoms with Gasteiger partial charge in [-0.2, -0.15) is 0 Å². The summed E-state index contributed by atoms with van der Waals surface area (Å²) in [6, 6.07) is 7.42. The van der Waals surface area contributed by atoms with Crippen LogP contribution in [0, 0.1) is 0 Å². The summed E-state index contributed by atoms with van der Waals surface area (Å²) in [5, 5.41) is 2.72. The Balaban J connectivity index is 1.22. The predicted octanol–water partition coefficient (Wildman–Crippen LogP) is 1.72. The van der Waals surface area contributed by atoms with Crippen LogP contribution in [-0.4, -0.2) is 67.9 Å². The average molecular weight is 457 g/mol. The second kappa shape index (κ2) is 8.38. The minimum absolute atomic E-state index is 0.131. The Morgan fingerprint density at radius 3 is 2.78 bits per heavy atom. The van der Waals surface area contributed by atoms with E-state index in [4.69, 9.17) is 14.2 Å². The van der Waals surface area contributed by atoms with Gasteiger partial charge in [0, 0.05) is 22.8 Å². The van der Waals surface area contributed by atoms with Gasteiger partial charge in [-0.05, 0) is 23.0 Å². The highest BCUT2D eigenvalue weighted by atomic mass is 32.2. The molecule has 0 aromatic heterocycles. The lowest BCUT2D eigenvalue weighted by Crippen LogP contribution is -2.46. The highest BCUT2D eigenvalue weighted by molar-refractivity contribution is 8.03. The third-order valence-electron chi connectivity index (χ3n) is 6.33. The summed E-state index contributed by atoms with van der Waals surface area (Å²) < 4.78 is 16.2. The molecular weight excluding hydrogens is 432 g/mol. The lowest BCUT2D eigenvalue weighted by atomic mass is 9.88. The lowest BCUT2D eigenvalue weighted by Gasteiger charge is -2.24. The number of nitrogens with one attached hydrogen (secondary N) is 1. The van der Waals surface area contributed by atoms with E-state index in [9.17, 15) is 14.4 Å². The van der Waals surface area contributed by atoms with Gasteiger partial charge < -0.3 is 24.4 Å². The first-order valence-corrected chi connectivity index (χ1v) is 11.4. The molecule has 5 rings (SSSR count). The minimum Gasteiger partial charge on any atom is -0.467 e. The van der Waals surface area contributed by atoms with Crippen LogP contribution in [0.5, 0.6) is 0 Å². The Morgan fingerprint density at radius 1 is 1.22 bits per heavy atom. The zero-order chi connectivity index (χ0) is 22.3. The van der Waals surface area contributed by atoms with Crippen LogP contribution in [0.3, 0.4) is 0 Å². The SMILES string of the molecule is COC(=O)[C@@H]1CC2(CN1C(=O)CNC(=O)C1=CC=C3Sc4ccccc4C3C1)OCCO2. The highest BCUT2D eigenvalue weighted by Gasteiger charge is 2.53. The number of rotatable bonds is 4. The number of fused-ring (bicyclic) bond motifs is 3. The molecule has 1 N–H and O–H groups in total. The molecule has 1 aromatic carbocycles. The average Bonchev–Trinajstić information content (AvgIpc) is 3.53. The smallest absolute Gasteiger partial charge is 0.328 e. The van der Waals surface area contributed by atoms with Gasteiger partial charge in [0.2, 0.25) is 11.8 Å². The molecule has 2 fully saturated rings. The molecule has 168 valence electrons. The van der Waals surface area contributed by atoms with Crippen LogP contribution < -0.4 is 5.32 Å². The molecule has 0 radical (unpaired) electrons. The molecule has 8 nitrogen and oxygen atoms in total. The molecule has 32 heavy (non-hydrogen) atoms. The Kier molecular flexibility index (Phi) is 5.56. The van der Waals surface area contributed by atoms with Crippen molar-refractivity contribution in [1.82, 2.24) is 10.2 Å². The molecule has 3 heterocycles. The number of carbonyl (C=O) groups is 3. The Morgan fingerprint density at radius 2 is 2.00 bits per heavy atom. The van der Waals surface area contributed by atoms with Gasteiger partial charge >= 0.3 is 5.97 Å². The number of allylic oxidation sites excluding steroid dienone is 3. The molecule has 1 aromatic rings. The van der Waals surface area contributed by atoms with E-state index in [2.05, 4.69) is 17.4 Å². The van der Waals surface area contributed by atoms with Gasteiger partial charge in [-0.15, -0.1) is 0 Å². The van der Waals surface area contributed by atoms with Gasteiger partial charge in [0.25, 0.3) is 0 Å². The van der Waals surface area contributed by atoms with Gasteiger partial charge in [-0.1, -0.05) is 42.1 Å². The number of nitrogens with zero attached hydrogens (tertiary/aromatic N) is 1. The monoisotopic (exact) mass is 456 g/mol. The van der Waals surface area contributed by atoms with E-state index < -0.39 is 17.8 Å². The number of methoxy groups -OCH3 is 1. The van der Waals surface area contributed by atoms with E-state index in [0.717, 1.165) is 0 Å². The Hall–Kier alpha value is -2.62. The largest absolute Gasteiger partial charge is 0.467 e. The van der Waals surface area contributed by atoms with E-state index in [1.165, 1.54) is 27.4 Å². The summed E-state index contributed by atoms with van der Waals surface area (Å²) in [6.07, 6.45) is 4.63. The zero-order valence-electron chi connectivity index (χ0n) is 17.7. The molecule has 2 atom stereocenters. The summed E-state index contributed by atoms with van der Waals surface area (Å²) in [4.78, 5) is 41.8. The number of esters is 1. The van der Waals surface area contributed by atoms with Crippen LogP contribution in [0.25, 0.3) is 0 Å². The number of carbonyl (C=O) groups excluding carboxylic acids is 3. The topological polar surface area (TPSA) is 94.2 Å². The zero-order valence-corrected chi connectivity index (χ0v) is 18.5. The van der Waals surface area contributed by atoms with Gasteiger partial charge in [0.1, 0.15) is 6.04 Å². The van der Waals surface area contributed by atoms with Crippen LogP contribution >= 0.6 is 11.8 Å². The third kappa shape index (κ3) is 3.74. The van der Waals surface area contributed by atoms with E-state index >= 15 is 0 Å². The van der Waals surface area contributed by atoms with Crippen LogP contribution in [0.4, 0.5) is 0 Å². The van der Waals surface area contributed by atoms with Gasteiger partial charge in [0.05, 0.1) is 33.4 Å². The quantitative estimate of drug-likeness (QED) is 0.690. The van der Waals surface area contributed by atoms with Crippen molar-refractivity contribution in [3.05, 3.63) is 52.5 Å². The molecule has 1 unspecified atom stereocenters. The summed E-state index contributed by atoms with van der Waals surface area (Å²) in [5.74, 6) is -1.97. The molecule has 9 heteroatoms. The first-order chi connectivity index (χ1) is 15.5. The summed E-state index contributed by atoms with van der Waals surface area (Å²) in [6.45, 7) is 0.746. The maximum absolute atomic E-state index is 12.9. The van der Waals surface area contributed by atoms with Gasteiger partial charge in [-0.3, -0.25) is 9.59 Å². The van der Waals surface area contributed by atoms with Crippen molar-refractivity contribution in [2.24, 2.45) is 0 Å². The molecule has 2 saturated heterocycles. The maximum Gasteiger partial charge on any atom is 0.328 e. The summed E-state index contributed by atoms with van der Waals surface area (Å²) in [7, 11) is 1.28. The highest BCUT2D eigenvalue weighted by Crippen LogP contribution is 2.52. The maximum atomic E-state index is 12.9. The van der Waals surface area contributed by atoms with Gasteiger partial charge in [0.15, 0.2) is 5.79 Å². The van der Waals surface area contributed by atoms with Crippen molar-refractivity contribution in [2.75, 3.05) is 33.4 Å². The van der Waals surface area contributed by atoms with Crippen molar-refractivity contribution in [2.45, 2.75) is 35.5 Å². The summed E-state index contributed by atoms with van der Waals surface area (Å²) in [5.41, 5.74) is 1.87. The first-order valence-electron chi connectivity index (χ1n) is 10.6. The molecular formula is C23H24N2O6S. The van der Waals surface area contributed by atoms with E-state index in [0.29, 0.717) is 25.2 Å². The normalized spacial score (nSPS) is 25.1. The number of benzene rings is 1. The first kappa shape index (κ1) is 21.2. The van der Waals surface area contributed by atoms with E-state index in [-0.39, 0.29) is 37.2 Å². The van der Waals surface area contributed by atoms with Crippen LogP contribution in [0.1, 0.15) is 24.3 Å². The molecule has 1 aliphatic carbocycles. The third-order valence-corrected chi connectivity index (χ3v) is 7.58. The van der Waals surface area contributed by atoms with Crippen molar-refractivity contribution in [3.8, 4) is 0 Å². The number of likely N-dealkylation sites (tertiary alicyclic amines) is 1. The molecule has 1 spiro atoms. The second-order valence-corrected chi connectivity index (χ2v) is 9.33. The van der Waals surface area contributed by atoms with Crippen molar-refractivity contribution >= 4 is 29.5 Å². The Labute approximate surface area is 189 Å². The second-order valence-electron chi connectivity index (χ2n) is 8.21. The molecule has 3 aliphatic heterocycles. The Bertz CT molecular complexity index is 1030. The number of amides is 2. The predicted molar refractivity (Wildman–Crippen MR) is 116 cm³/mol. The fourth-order valence-corrected chi connectivity index (χ4v) is 5.95. The lowest BCUT2D eigenvalue weighted by molar-refractivity contribution is -0.152. The fourth-order valence-electron chi connectivity index (χ4n) is 4.74. The minimum atomic E-state index is -0.973.